The van der Waals surface area contributed by atoms with Gasteiger partial charge in [-0.15, -0.1) is 12.4 Å². The van der Waals surface area contributed by atoms with Gasteiger partial charge >= 0.3 is 5.97 Å². The zero-order valence-electron chi connectivity index (χ0n) is 7.72. The minimum absolute atomic E-state index is 0. The molecule has 5 heteroatoms. The van der Waals surface area contributed by atoms with Gasteiger partial charge in [-0.05, 0) is 20.8 Å². The molecule has 0 rings (SSSR count). The first-order chi connectivity index (χ1) is 4.95. The highest BCUT2D eigenvalue weighted by molar-refractivity contribution is 5.85. The molecule has 0 amide bonds. The van der Waals surface area contributed by atoms with Crippen LogP contribution < -0.4 is 11.3 Å². The van der Waals surface area contributed by atoms with Crippen LogP contribution in [-0.2, 0) is 9.53 Å². The van der Waals surface area contributed by atoms with Crippen LogP contribution in [0.3, 0.4) is 0 Å². The predicted molar refractivity (Wildman–Crippen MR) is 49.9 cm³/mol. The Bertz CT molecular complexity index is 134. The van der Waals surface area contributed by atoms with Gasteiger partial charge in [0, 0.05) is 6.54 Å². The summed E-state index contributed by atoms with van der Waals surface area (Å²) in [5.74, 6) is 4.76. The molecule has 0 fully saturated rings. The van der Waals surface area contributed by atoms with Crippen molar-refractivity contribution >= 4 is 18.4 Å². The van der Waals surface area contributed by atoms with Gasteiger partial charge in [-0.3, -0.25) is 16.1 Å². The van der Waals surface area contributed by atoms with E-state index in [1.54, 1.807) is 0 Å². The number of nitrogens with two attached hydrogens (primary N) is 1. The molecular formula is C7H17ClN2O2. The van der Waals surface area contributed by atoms with Crippen molar-refractivity contribution in [1.29, 1.82) is 0 Å². The molecule has 0 aromatic rings. The maximum Gasteiger partial charge on any atom is 0.307 e. The van der Waals surface area contributed by atoms with E-state index >= 15 is 0 Å². The maximum atomic E-state index is 10.9. The number of hydrazine groups is 1. The normalized spacial score (nSPS) is 10.3. The zero-order valence-corrected chi connectivity index (χ0v) is 8.53. The zero-order chi connectivity index (χ0) is 8.91. The van der Waals surface area contributed by atoms with Gasteiger partial charge in [0.1, 0.15) is 5.60 Å². The first kappa shape index (κ1) is 14.2. The molecule has 3 N–H and O–H groups in total. The van der Waals surface area contributed by atoms with E-state index in [1.165, 1.54) is 0 Å². The summed E-state index contributed by atoms with van der Waals surface area (Å²) >= 11 is 0. The highest BCUT2D eigenvalue weighted by Crippen LogP contribution is 2.07. The number of rotatable bonds is 3. The summed E-state index contributed by atoms with van der Waals surface area (Å²) < 4.78 is 5.01. The van der Waals surface area contributed by atoms with E-state index in [0.717, 1.165) is 0 Å². The van der Waals surface area contributed by atoms with Crippen LogP contribution in [0.15, 0.2) is 0 Å². The Morgan fingerprint density at radius 2 is 2.00 bits per heavy atom. The van der Waals surface area contributed by atoms with Crippen molar-refractivity contribution in [3.63, 3.8) is 0 Å². The van der Waals surface area contributed by atoms with Gasteiger partial charge in [0.25, 0.3) is 0 Å². The van der Waals surface area contributed by atoms with Gasteiger partial charge in [-0.2, -0.15) is 0 Å². The summed E-state index contributed by atoms with van der Waals surface area (Å²) in [4.78, 5) is 10.9. The fourth-order valence-corrected chi connectivity index (χ4v) is 0.567. The van der Waals surface area contributed by atoms with E-state index in [1.807, 2.05) is 20.8 Å². The summed E-state index contributed by atoms with van der Waals surface area (Å²) in [7, 11) is 0. The summed E-state index contributed by atoms with van der Waals surface area (Å²) in [6.07, 6.45) is 0.313. The Kier molecular flexibility index (Phi) is 7.37. The van der Waals surface area contributed by atoms with Crippen LogP contribution in [0.5, 0.6) is 0 Å². The Morgan fingerprint density at radius 3 is 2.33 bits per heavy atom. The molecule has 0 unspecified atom stereocenters. The Hall–Kier alpha value is -0.320. The lowest BCUT2D eigenvalue weighted by atomic mass is 10.2. The number of halogens is 1. The van der Waals surface area contributed by atoms with Crippen LogP contribution >= 0.6 is 12.4 Å². The van der Waals surface area contributed by atoms with Gasteiger partial charge in [0.2, 0.25) is 0 Å². The number of ether oxygens (including phenoxy) is 1. The van der Waals surface area contributed by atoms with Gasteiger partial charge in [-0.25, -0.2) is 0 Å². The molecule has 0 aliphatic rings. The minimum Gasteiger partial charge on any atom is -0.460 e. The molecule has 0 aromatic heterocycles. The molecule has 74 valence electrons. The molecular weight excluding hydrogens is 180 g/mol. The van der Waals surface area contributed by atoms with Gasteiger partial charge < -0.3 is 4.74 Å². The first-order valence-electron chi connectivity index (χ1n) is 3.61. The predicted octanol–water partition coefficient (Wildman–Crippen LogP) is 0.603. The summed E-state index contributed by atoms with van der Waals surface area (Å²) in [6.45, 7) is 5.96. The highest BCUT2D eigenvalue weighted by Gasteiger charge is 2.15. The number of carbonyl (C=O) groups excluding carboxylic acids is 1. The highest BCUT2D eigenvalue weighted by atomic mass is 35.5. The number of hydrogen-bond acceptors (Lipinski definition) is 4. The summed E-state index contributed by atoms with van der Waals surface area (Å²) in [5, 5.41) is 0. The molecule has 0 bridgehead atoms. The van der Waals surface area contributed by atoms with Crippen LogP contribution in [0.25, 0.3) is 0 Å². The largest absolute Gasteiger partial charge is 0.460 e. The van der Waals surface area contributed by atoms with E-state index in [9.17, 15) is 4.79 Å². The van der Waals surface area contributed by atoms with Crippen molar-refractivity contribution < 1.29 is 9.53 Å². The average molecular weight is 197 g/mol. The summed E-state index contributed by atoms with van der Waals surface area (Å²) in [6, 6.07) is 0. The first-order valence-corrected chi connectivity index (χ1v) is 3.61. The second kappa shape index (κ2) is 6.22. The van der Waals surface area contributed by atoms with Crippen molar-refractivity contribution in [1.82, 2.24) is 5.43 Å². The van der Waals surface area contributed by atoms with Crippen LogP contribution in [0.2, 0.25) is 0 Å². The third-order valence-electron chi connectivity index (χ3n) is 0.893. The summed E-state index contributed by atoms with van der Waals surface area (Å²) in [5.41, 5.74) is 1.99. The fourth-order valence-electron chi connectivity index (χ4n) is 0.567. The molecule has 0 aromatic carbocycles. The molecule has 12 heavy (non-hydrogen) atoms. The van der Waals surface area contributed by atoms with Crippen molar-refractivity contribution in [2.45, 2.75) is 32.8 Å². The maximum absolute atomic E-state index is 10.9. The number of carbonyl (C=O) groups is 1. The Morgan fingerprint density at radius 1 is 1.50 bits per heavy atom. The van der Waals surface area contributed by atoms with E-state index in [0.29, 0.717) is 13.0 Å². The average Bonchev–Trinajstić information content (AvgIpc) is 1.79. The number of hydrogen-bond donors (Lipinski definition) is 2. The van der Waals surface area contributed by atoms with Crippen LogP contribution in [0, 0.1) is 0 Å². The second-order valence-corrected chi connectivity index (χ2v) is 3.29. The van der Waals surface area contributed by atoms with E-state index in [4.69, 9.17) is 10.6 Å². The lowest BCUT2D eigenvalue weighted by Gasteiger charge is -2.19. The van der Waals surface area contributed by atoms with Crippen molar-refractivity contribution in [2.24, 2.45) is 5.84 Å². The standard InChI is InChI=1S/C7H16N2O2.ClH/c1-7(2,3)11-6(10)4-5-9-8;/h9H,4-5,8H2,1-3H3;1H. The lowest BCUT2D eigenvalue weighted by molar-refractivity contribution is -0.154. The van der Waals surface area contributed by atoms with Crippen LogP contribution in [0.1, 0.15) is 27.2 Å². The van der Waals surface area contributed by atoms with Gasteiger partial charge in [-0.1, -0.05) is 0 Å². The minimum atomic E-state index is -0.397. The third-order valence-corrected chi connectivity index (χ3v) is 0.893. The van der Waals surface area contributed by atoms with Gasteiger partial charge in [0.15, 0.2) is 0 Å². The molecule has 0 radical (unpaired) electrons. The Labute approximate surface area is 79.2 Å². The smallest absolute Gasteiger partial charge is 0.307 e. The number of esters is 1. The quantitative estimate of drug-likeness (QED) is 0.394. The molecule has 0 atom stereocenters. The van der Waals surface area contributed by atoms with E-state index in [-0.39, 0.29) is 18.4 Å². The fraction of sp³-hybridized carbons (Fsp3) is 0.857. The third kappa shape index (κ3) is 9.68. The Balaban J connectivity index is 0. The lowest BCUT2D eigenvalue weighted by Crippen LogP contribution is -2.29. The molecule has 0 saturated carbocycles. The molecule has 4 nitrogen and oxygen atoms in total. The molecule has 0 heterocycles. The van der Waals surface area contributed by atoms with Gasteiger partial charge in [0.05, 0.1) is 6.42 Å². The van der Waals surface area contributed by atoms with Crippen LogP contribution in [0.4, 0.5) is 0 Å². The molecule has 0 aliphatic heterocycles. The van der Waals surface area contributed by atoms with Crippen molar-refractivity contribution in [3.8, 4) is 0 Å². The molecule has 0 aliphatic carbocycles. The van der Waals surface area contributed by atoms with Crippen molar-refractivity contribution in [2.75, 3.05) is 6.54 Å². The molecule has 0 spiro atoms. The van der Waals surface area contributed by atoms with E-state index < -0.39 is 5.60 Å². The van der Waals surface area contributed by atoms with Crippen molar-refractivity contribution in [3.05, 3.63) is 0 Å². The van der Waals surface area contributed by atoms with Crippen LogP contribution in [-0.4, -0.2) is 18.1 Å². The number of nitrogens with one attached hydrogen (secondary N) is 1. The molecule has 0 saturated heterocycles. The monoisotopic (exact) mass is 196 g/mol. The van der Waals surface area contributed by atoms with E-state index in [2.05, 4.69) is 5.43 Å². The topological polar surface area (TPSA) is 64.3 Å². The SMILES string of the molecule is CC(C)(C)OC(=O)CCNN.Cl. The second-order valence-electron chi connectivity index (χ2n) is 3.29.